The van der Waals surface area contributed by atoms with Crippen molar-refractivity contribution in [1.29, 1.82) is 0 Å². The Bertz CT molecular complexity index is 719. The van der Waals surface area contributed by atoms with Crippen LogP contribution >= 0.6 is 0 Å². The average Bonchev–Trinajstić information content (AvgIpc) is 2.60. The number of amides is 2. The lowest BCUT2D eigenvalue weighted by atomic mass is 10.1. The third kappa shape index (κ3) is 4.55. The number of ether oxygens (including phenoxy) is 1. The lowest BCUT2D eigenvalue weighted by Crippen LogP contribution is -2.38. The van der Waals surface area contributed by atoms with Gasteiger partial charge in [-0.1, -0.05) is 24.3 Å². The highest BCUT2D eigenvalue weighted by molar-refractivity contribution is 5.96. The van der Waals surface area contributed by atoms with E-state index in [1.165, 1.54) is 19.2 Å². The molecular weight excluding hydrogens is 311 g/mol. The van der Waals surface area contributed by atoms with Crippen molar-refractivity contribution in [2.45, 2.75) is 13.0 Å². The molecule has 0 unspecified atom stereocenters. The maximum atomic E-state index is 13.7. The van der Waals surface area contributed by atoms with Gasteiger partial charge < -0.3 is 15.4 Å². The van der Waals surface area contributed by atoms with Crippen LogP contribution < -0.4 is 15.4 Å². The first-order chi connectivity index (χ1) is 11.5. The second-order valence-electron chi connectivity index (χ2n) is 5.23. The summed E-state index contributed by atoms with van der Waals surface area (Å²) in [5, 5.41) is 5.25. The van der Waals surface area contributed by atoms with Crippen molar-refractivity contribution in [3.05, 3.63) is 65.5 Å². The summed E-state index contributed by atoms with van der Waals surface area (Å²) in [4.78, 5) is 23.8. The van der Waals surface area contributed by atoms with Gasteiger partial charge in [-0.3, -0.25) is 9.59 Å². The van der Waals surface area contributed by atoms with Crippen molar-refractivity contribution in [2.75, 3.05) is 13.7 Å². The molecule has 0 fully saturated rings. The predicted molar refractivity (Wildman–Crippen MR) is 88.3 cm³/mol. The fraction of sp³-hybridized carbons (Fsp3) is 0.222. The van der Waals surface area contributed by atoms with Crippen LogP contribution in [0.3, 0.4) is 0 Å². The monoisotopic (exact) mass is 330 g/mol. The van der Waals surface area contributed by atoms with Gasteiger partial charge in [0.05, 0.1) is 19.7 Å². The maximum Gasteiger partial charge on any atom is 0.251 e. The minimum atomic E-state index is -0.492. The van der Waals surface area contributed by atoms with Crippen LogP contribution in [0.1, 0.15) is 28.9 Å². The predicted octanol–water partition coefficient (Wildman–Crippen LogP) is 2.44. The molecule has 0 bridgehead atoms. The molecule has 6 heteroatoms. The summed E-state index contributed by atoms with van der Waals surface area (Å²) in [7, 11) is 1.39. The van der Waals surface area contributed by atoms with Crippen LogP contribution in [0.25, 0.3) is 0 Å². The Labute approximate surface area is 139 Å². The molecule has 0 spiro atoms. The zero-order chi connectivity index (χ0) is 17.5. The van der Waals surface area contributed by atoms with Crippen molar-refractivity contribution < 1.29 is 18.7 Å². The molecule has 1 atom stereocenters. The molecule has 2 aromatic rings. The number of methoxy groups -OCH3 is 1. The zero-order valence-corrected chi connectivity index (χ0v) is 13.5. The molecule has 2 amide bonds. The molecule has 2 rings (SSSR count). The van der Waals surface area contributed by atoms with Crippen LogP contribution in [0, 0.1) is 5.82 Å². The van der Waals surface area contributed by atoms with Gasteiger partial charge in [-0.25, -0.2) is 4.39 Å². The SMILES string of the molecule is COc1ccc([C@H](C)NC(=O)CNC(=O)c2ccccc2)cc1F. The number of hydrogen-bond acceptors (Lipinski definition) is 3. The van der Waals surface area contributed by atoms with Crippen molar-refractivity contribution >= 4 is 11.8 Å². The number of carbonyl (C=O) groups excluding carboxylic acids is 2. The molecule has 0 aliphatic heterocycles. The third-order valence-corrected chi connectivity index (χ3v) is 3.50. The van der Waals surface area contributed by atoms with Crippen LogP contribution in [0.5, 0.6) is 5.75 Å². The Morgan fingerprint density at radius 1 is 1.17 bits per heavy atom. The molecule has 24 heavy (non-hydrogen) atoms. The van der Waals surface area contributed by atoms with E-state index in [1.54, 1.807) is 43.3 Å². The number of hydrogen-bond donors (Lipinski definition) is 2. The van der Waals surface area contributed by atoms with E-state index < -0.39 is 11.9 Å². The fourth-order valence-corrected chi connectivity index (χ4v) is 2.18. The van der Waals surface area contributed by atoms with Gasteiger partial charge in [0.2, 0.25) is 5.91 Å². The van der Waals surface area contributed by atoms with Gasteiger partial charge in [0, 0.05) is 5.56 Å². The van der Waals surface area contributed by atoms with Crippen molar-refractivity contribution in [3.63, 3.8) is 0 Å². The molecule has 126 valence electrons. The molecule has 0 radical (unpaired) electrons. The average molecular weight is 330 g/mol. The summed E-state index contributed by atoms with van der Waals surface area (Å²) in [6.07, 6.45) is 0. The van der Waals surface area contributed by atoms with E-state index in [4.69, 9.17) is 4.74 Å². The second kappa shape index (κ2) is 8.10. The molecule has 0 heterocycles. The maximum absolute atomic E-state index is 13.7. The largest absolute Gasteiger partial charge is 0.494 e. The summed E-state index contributed by atoms with van der Waals surface area (Å²) >= 11 is 0. The summed E-state index contributed by atoms with van der Waals surface area (Å²) in [5.74, 6) is -1.03. The number of rotatable bonds is 6. The Morgan fingerprint density at radius 3 is 2.50 bits per heavy atom. The number of benzene rings is 2. The smallest absolute Gasteiger partial charge is 0.251 e. The lowest BCUT2D eigenvalue weighted by molar-refractivity contribution is -0.120. The van der Waals surface area contributed by atoms with Gasteiger partial charge in [-0.05, 0) is 36.8 Å². The molecule has 0 saturated heterocycles. The van der Waals surface area contributed by atoms with Crippen molar-refractivity contribution in [2.24, 2.45) is 0 Å². The van der Waals surface area contributed by atoms with E-state index in [1.807, 2.05) is 0 Å². The molecule has 0 aliphatic rings. The lowest BCUT2D eigenvalue weighted by Gasteiger charge is -2.15. The van der Waals surface area contributed by atoms with Gasteiger partial charge in [0.25, 0.3) is 5.91 Å². The van der Waals surface area contributed by atoms with E-state index in [0.717, 1.165) is 0 Å². The van der Waals surface area contributed by atoms with Crippen molar-refractivity contribution in [1.82, 2.24) is 10.6 Å². The van der Waals surface area contributed by atoms with E-state index in [0.29, 0.717) is 11.1 Å². The Balaban J connectivity index is 1.87. The van der Waals surface area contributed by atoms with Gasteiger partial charge in [-0.2, -0.15) is 0 Å². The van der Waals surface area contributed by atoms with Gasteiger partial charge >= 0.3 is 0 Å². The highest BCUT2D eigenvalue weighted by Crippen LogP contribution is 2.21. The van der Waals surface area contributed by atoms with E-state index in [9.17, 15) is 14.0 Å². The Kier molecular flexibility index (Phi) is 5.89. The number of nitrogens with one attached hydrogen (secondary N) is 2. The highest BCUT2D eigenvalue weighted by atomic mass is 19.1. The third-order valence-electron chi connectivity index (χ3n) is 3.50. The molecule has 0 saturated carbocycles. The van der Waals surface area contributed by atoms with Crippen LogP contribution in [0.2, 0.25) is 0 Å². The standard InChI is InChI=1S/C18H19FN2O3/c1-12(14-8-9-16(24-2)15(19)10-14)21-17(22)11-20-18(23)13-6-4-3-5-7-13/h3-10,12H,11H2,1-2H3,(H,20,23)(H,21,22)/t12-/m0/s1. The Hall–Kier alpha value is -2.89. The number of carbonyl (C=O) groups is 2. The Morgan fingerprint density at radius 2 is 1.88 bits per heavy atom. The zero-order valence-electron chi connectivity index (χ0n) is 13.5. The molecule has 0 aliphatic carbocycles. The summed E-state index contributed by atoms with van der Waals surface area (Å²) < 4.78 is 18.6. The first-order valence-corrected chi connectivity index (χ1v) is 7.47. The first kappa shape index (κ1) is 17.5. The first-order valence-electron chi connectivity index (χ1n) is 7.47. The molecule has 0 aromatic heterocycles. The minimum absolute atomic E-state index is 0.146. The second-order valence-corrected chi connectivity index (χ2v) is 5.23. The molecule has 5 nitrogen and oxygen atoms in total. The summed E-state index contributed by atoms with van der Waals surface area (Å²) in [5.41, 5.74) is 1.09. The quantitative estimate of drug-likeness (QED) is 0.855. The topological polar surface area (TPSA) is 67.4 Å². The molecule has 2 N–H and O–H groups in total. The van der Waals surface area contributed by atoms with Gasteiger partial charge in [0.1, 0.15) is 0 Å². The summed E-state index contributed by atoms with van der Waals surface area (Å²) in [6.45, 7) is 1.58. The van der Waals surface area contributed by atoms with Crippen LogP contribution in [0.15, 0.2) is 48.5 Å². The number of halogens is 1. The van der Waals surface area contributed by atoms with E-state index in [2.05, 4.69) is 10.6 Å². The van der Waals surface area contributed by atoms with E-state index in [-0.39, 0.29) is 24.1 Å². The van der Waals surface area contributed by atoms with Crippen LogP contribution in [-0.2, 0) is 4.79 Å². The fourth-order valence-electron chi connectivity index (χ4n) is 2.18. The summed E-state index contributed by atoms with van der Waals surface area (Å²) in [6, 6.07) is 12.7. The molecule has 2 aromatic carbocycles. The van der Waals surface area contributed by atoms with Crippen LogP contribution in [-0.4, -0.2) is 25.5 Å². The normalized spacial score (nSPS) is 11.5. The minimum Gasteiger partial charge on any atom is -0.494 e. The molecular formula is C18H19FN2O3. The van der Waals surface area contributed by atoms with Crippen LogP contribution in [0.4, 0.5) is 4.39 Å². The van der Waals surface area contributed by atoms with Gasteiger partial charge in [0.15, 0.2) is 11.6 Å². The van der Waals surface area contributed by atoms with Gasteiger partial charge in [-0.15, -0.1) is 0 Å². The highest BCUT2D eigenvalue weighted by Gasteiger charge is 2.13. The van der Waals surface area contributed by atoms with Crippen molar-refractivity contribution in [3.8, 4) is 5.75 Å². The van der Waals surface area contributed by atoms with E-state index >= 15 is 0 Å².